The normalized spacial score (nSPS) is 14.9. The van der Waals surface area contributed by atoms with Gasteiger partial charge in [0.1, 0.15) is 0 Å². The summed E-state index contributed by atoms with van der Waals surface area (Å²) in [6.45, 7) is 2.86. The fourth-order valence-electron chi connectivity index (χ4n) is 1.60. The van der Waals surface area contributed by atoms with E-state index >= 15 is 0 Å². The van der Waals surface area contributed by atoms with E-state index in [2.05, 4.69) is 37.4 Å². The zero-order valence-electron chi connectivity index (χ0n) is 9.44. The van der Waals surface area contributed by atoms with E-state index < -0.39 is 0 Å². The monoisotopic (exact) mass is 224 g/mol. The molecule has 0 spiro atoms. The highest BCUT2D eigenvalue weighted by Gasteiger charge is 2.13. The predicted molar refractivity (Wildman–Crippen MR) is 68.0 cm³/mol. The summed E-state index contributed by atoms with van der Waals surface area (Å²) in [4.78, 5) is 1.28. The minimum absolute atomic E-state index is 0.101. The van der Waals surface area contributed by atoms with Crippen LogP contribution in [0.15, 0.2) is 29.2 Å². The van der Waals surface area contributed by atoms with Crippen LogP contribution in [0.5, 0.6) is 0 Å². The number of benzene rings is 1. The minimum atomic E-state index is 0.101. The summed E-state index contributed by atoms with van der Waals surface area (Å²) in [6, 6.07) is 8.57. The van der Waals surface area contributed by atoms with Gasteiger partial charge in [-0.2, -0.15) is 0 Å². The summed E-state index contributed by atoms with van der Waals surface area (Å²) in [5.41, 5.74) is 12.9. The van der Waals surface area contributed by atoms with E-state index in [1.807, 2.05) is 0 Å². The van der Waals surface area contributed by atoms with Crippen LogP contribution in [-0.4, -0.2) is 12.8 Å². The molecule has 0 saturated carbocycles. The SMILES string of the molecule is CSc1ccc(C(N)C(C)CCN)cc1. The van der Waals surface area contributed by atoms with Crippen LogP contribution in [0.4, 0.5) is 0 Å². The topological polar surface area (TPSA) is 52.0 Å². The van der Waals surface area contributed by atoms with Gasteiger partial charge in [-0.15, -0.1) is 11.8 Å². The second kappa shape index (κ2) is 6.16. The molecule has 3 heteroatoms. The molecular formula is C12H20N2S. The Kier molecular flexibility index (Phi) is 5.15. The van der Waals surface area contributed by atoms with Crippen LogP contribution >= 0.6 is 11.8 Å². The molecule has 0 fully saturated rings. The van der Waals surface area contributed by atoms with Gasteiger partial charge in [0.2, 0.25) is 0 Å². The Morgan fingerprint density at radius 3 is 2.33 bits per heavy atom. The van der Waals surface area contributed by atoms with Crippen molar-refractivity contribution in [2.24, 2.45) is 17.4 Å². The highest BCUT2D eigenvalue weighted by Crippen LogP contribution is 2.23. The van der Waals surface area contributed by atoms with Crippen molar-refractivity contribution in [3.05, 3.63) is 29.8 Å². The molecule has 1 rings (SSSR count). The first-order valence-corrected chi connectivity index (χ1v) is 6.51. The summed E-state index contributed by atoms with van der Waals surface area (Å²) < 4.78 is 0. The summed E-state index contributed by atoms with van der Waals surface area (Å²) in [6.07, 6.45) is 3.05. The van der Waals surface area contributed by atoms with E-state index in [1.54, 1.807) is 11.8 Å². The molecule has 4 N–H and O–H groups in total. The Balaban J connectivity index is 2.69. The van der Waals surface area contributed by atoms with Gasteiger partial charge in [0.15, 0.2) is 0 Å². The van der Waals surface area contributed by atoms with Crippen molar-refractivity contribution in [1.82, 2.24) is 0 Å². The fraction of sp³-hybridized carbons (Fsp3) is 0.500. The molecule has 84 valence electrons. The third kappa shape index (κ3) is 3.52. The average molecular weight is 224 g/mol. The van der Waals surface area contributed by atoms with E-state index in [9.17, 15) is 0 Å². The molecule has 0 bridgehead atoms. The summed E-state index contributed by atoms with van der Waals surface area (Å²) in [5, 5.41) is 0. The van der Waals surface area contributed by atoms with Crippen molar-refractivity contribution in [1.29, 1.82) is 0 Å². The van der Waals surface area contributed by atoms with Crippen molar-refractivity contribution >= 4 is 11.8 Å². The molecular weight excluding hydrogens is 204 g/mol. The molecule has 0 aromatic heterocycles. The Bertz CT molecular complexity index is 284. The maximum absolute atomic E-state index is 6.15. The van der Waals surface area contributed by atoms with Gasteiger partial charge in [0.25, 0.3) is 0 Å². The van der Waals surface area contributed by atoms with Crippen LogP contribution in [0.3, 0.4) is 0 Å². The zero-order chi connectivity index (χ0) is 11.3. The second-order valence-electron chi connectivity index (χ2n) is 3.85. The Morgan fingerprint density at radius 2 is 1.87 bits per heavy atom. The molecule has 0 saturated heterocycles. The third-order valence-corrected chi connectivity index (χ3v) is 3.48. The van der Waals surface area contributed by atoms with Gasteiger partial charge in [-0.25, -0.2) is 0 Å². The van der Waals surface area contributed by atoms with Crippen LogP contribution < -0.4 is 11.5 Å². The number of rotatable bonds is 5. The number of hydrogen-bond donors (Lipinski definition) is 2. The van der Waals surface area contributed by atoms with E-state index in [1.165, 1.54) is 10.5 Å². The maximum Gasteiger partial charge on any atom is 0.0321 e. The van der Waals surface area contributed by atoms with Gasteiger partial charge in [-0.3, -0.25) is 0 Å². The molecule has 2 unspecified atom stereocenters. The summed E-state index contributed by atoms with van der Waals surface area (Å²) >= 11 is 1.75. The Hall–Kier alpha value is -0.510. The van der Waals surface area contributed by atoms with Crippen molar-refractivity contribution in [2.75, 3.05) is 12.8 Å². The molecule has 2 nitrogen and oxygen atoms in total. The van der Waals surface area contributed by atoms with Crippen LogP contribution in [0, 0.1) is 5.92 Å². The highest BCUT2D eigenvalue weighted by atomic mass is 32.2. The van der Waals surface area contributed by atoms with E-state index in [0.29, 0.717) is 12.5 Å². The van der Waals surface area contributed by atoms with E-state index in [0.717, 1.165) is 6.42 Å². The van der Waals surface area contributed by atoms with Crippen LogP contribution in [-0.2, 0) is 0 Å². The molecule has 1 aromatic carbocycles. The quantitative estimate of drug-likeness (QED) is 0.755. The number of thioether (sulfide) groups is 1. The smallest absolute Gasteiger partial charge is 0.0321 e. The van der Waals surface area contributed by atoms with Crippen molar-refractivity contribution in [3.63, 3.8) is 0 Å². The standard InChI is InChI=1S/C12H20N2S/c1-9(7-8-13)12(14)10-3-5-11(15-2)6-4-10/h3-6,9,12H,7-8,13-14H2,1-2H3. The van der Waals surface area contributed by atoms with Crippen molar-refractivity contribution < 1.29 is 0 Å². The third-order valence-electron chi connectivity index (χ3n) is 2.74. The highest BCUT2D eigenvalue weighted by molar-refractivity contribution is 7.98. The fourth-order valence-corrected chi connectivity index (χ4v) is 2.01. The lowest BCUT2D eigenvalue weighted by Gasteiger charge is -2.19. The lowest BCUT2D eigenvalue weighted by atomic mass is 9.93. The first-order chi connectivity index (χ1) is 7.19. The maximum atomic E-state index is 6.15. The predicted octanol–water partition coefficient (Wildman–Crippen LogP) is 2.39. The zero-order valence-corrected chi connectivity index (χ0v) is 10.3. The molecule has 1 aromatic rings. The van der Waals surface area contributed by atoms with Gasteiger partial charge in [-0.05, 0) is 42.8 Å². The molecule has 0 radical (unpaired) electrons. The first-order valence-electron chi connectivity index (χ1n) is 5.28. The van der Waals surface area contributed by atoms with Gasteiger partial charge in [0.05, 0.1) is 0 Å². The molecule has 15 heavy (non-hydrogen) atoms. The summed E-state index contributed by atoms with van der Waals surface area (Å²) in [5.74, 6) is 0.440. The first kappa shape index (κ1) is 12.6. The summed E-state index contributed by atoms with van der Waals surface area (Å²) in [7, 11) is 0. The lowest BCUT2D eigenvalue weighted by Crippen LogP contribution is -2.21. The lowest BCUT2D eigenvalue weighted by molar-refractivity contribution is 0.444. The van der Waals surface area contributed by atoms with Gasteiger partial charge >= 0.3 is 0 Å². The molecule has 0 aliphatic carbocycles. The van der Waals surface area contributed by atoms with E-state index in [-0.39, 0.29) is 6.04 Å². The molecule has 2 atom stereocenters. The Labute approximate surface area is 96.4 Å². The Morgan fingerprint density at radius 1 is 1.27 bits per heavy atom. The van der Waals surface area contributed by atoms with Crippen LogP contribution in [0.2, 0.25) is 0 Å². The number of nitrogens with two attached hydrogens (primary N) is 2. The average Bonchev–Trinajstić information content (AvgIpc) is 2.28. The molecule has 0 amide bonds. The van der Waals surface area contributed by atoms with Crippen LogP contribution in [0.25, 0.3) is 0 Å². The van der Waals surface area contributed by atoms with Crippen molar-refractivity contribution in [2.45, 2.75) is 24.3 Å². The molecule has 0 aliphatic heterocycles. The van der Waals surface area contributed by atoms with Crippen LogP contribution in [0.1, 0.15) is 24.9 Å². The van der Waals surface area contributed by atoms with Gasteiger partial charge in [0, 0.05) is 10.9 Å². The van der Waals surface area contributed by atoms with Gasteiger partial charge in [-0.1, -0.05) is 19.1 Å². The number of hydrogen-bond acceptors (Lipinski definition) is 3. The van der Waals surface area contributed by atoms with E-state index in [4.69, 9.17) is 11.5 Å². The second-order valence-corrected chi connectivity index (χ2v) is 4.73. The molecule has 0 heterocycles. The van der Waals surface area contributed by atoms with Gasteiger partial charge < -0.3 is 11.5 Å². The van der Waals surface area contributed by atoms with Crippen molar-refractivity contribution in [3.8, 4) is 0 Å². The minimum Gasteiger partial charge on any atom is -0.330 e. The largest absolute Gasteiger partial charge is 0.330 e. The molecule has 0 aliphatic rings.